The quantitative estimate of drug-likeness (QED) is 0.683. The molecule has 3 rings (SSSR count). The summed E-state index contributed by atoms with van der Waals surface area (Å²) in [6, 6.07) is 4.10. The summed E-state index contributed by atoms with van der Waals surface area (Å²) in [6.45, 7) is 1.66. The lowest BCUT2D eigenvalue weighted by Gasteiger charge is -2.08. The maximum Gasteiger partial charge on any atom is 0.339 e. The molecule has 0 radical (unpaired) electrons. The molecule has 2 heterocycles. The number of benzene rings is 1. The molecular weight excluding hydrogens is 383 g/mol. The number of hydrogen-bond donors (Lipinski definition) is 1. The minimum Gasteiger partial charge on any atom is -0.462 e. The van der Waals surface area contributed by atoms with Crippen molar-refractivity contribution >= 4 is 27.7 Å². The van der Waals surface area contributed by atoms with Crippen LogP contribution in [0.25, 0.3) is 5.78 Å². The minimum atomic E-state index is -0.672. The number of carbonyl (C=O) groups is 1. The number of halogens is 2. The molecule has 24 heavy (non-hydrogen) atoms. The average Bonchev–Trinajstić information content (AvgIpc) is 3.01. The number of ether oxygens (including phenoxy) is 1. The second-order valence-electron chi connectivity index (χ2n) is 4.99. The Kier molecular flexibility index (Phi) is 4.43. The second kappa shape index (κ2) is 6.52. The standard InChI is InChI=1S/C15H12BrFN4O3/c1-8-9(13(22)21-15(20-8)18-7-19-21)5-6-24-14(23)10-3-2-4-11(17)12(10)16/h2-4,7H,5-6H2,1H3,(H,18,19,20). The van der Waals surface area contributed by atoms with Gasteiger partial charge in [-0.05, 0) is 35.0 Å². The van der Waals surface area contributed by atoms with Crippen LogP contribution in [0.5, 0.6) is 0 Å². The molecule has 0 bridgehead atoms. The summed E-state index contributed by atoms with van der Waals surface area (Å²) < 4.78 is 19.8. The maximum absolute atomic E-state index is 13.4. The molecular formula is C15H12BrFN4O3. The van der Waals surface area contributed by atoms with Crippen molar-refractivity contribution < 1.29 is 13.9 Å². The van der Waals surface area contributed by atoms with Crippen molar-refractivity contribution in [2.45, 2.75) is 13.3 Å². The summed E-state index contributed by atoms with van der Waals surface area (Å²) in [5, 5.41) is 2.67. The van der Waals surface area contributed by atoms with E-state index in [2.05, 4.69) is 31.0 Å². The molecule has 1 N–H and O–H groups in total. The van der Waals surface area contributed by atoms with Crippen LogP contribution in [0.4, 0.5) is 4.39 Å². The fraction of sp³-hybridized carbons (Fsp3) is 0.200. The lowest BCUT2D eigenvalue weighted by Crippen LogP contribution is -2.23. The average molecular weight is 395 g/mol. The number of aromatic amines is 1. The fourth-order valence-electron chi connectivity index (χ4n) is 2.27. The molecule has 0 fully saturated rings. The lowest BCUT2D eigenvalue weighted by atomic mass is 10.2. The van der Waals surface area contributed by atoms with E-state index in [-0.39, 0.29) is 34.4 Å². The van der Waals surface area contributed by atoms with Crippen molar-refractivity contribution in [1.82, 2.24) is 19.6 Å². The number of nitrogens with one attached hydrogen (secondary N) is 1. The van der Waals surface area contributed by atoms with E-state index in [1.54, 1.807) is 6.92 Å². The minimum absolute atomic E-state index is 0.0280. The van der Waals surface area contributed by atoms with E-state index in [4.69, 9.17) is 4.74 Å². The van der Waals surface area contributed by atoms with E-state index < -0.39 is 11.8 Å². The molecule has 0 aliphatic rings. The van der Waals surface area contributed by atoms with Crippen LogP contribution >= 0.6 is 15.9 Å². The molecule has 3 aromatic rings. The number of esters is 1. The van der Waals surface area contributed by atoms with Crippen LogP contribution in [0.15, 0.2) is 33.8 Å². The molecule has 1 aromatic carbocycles. The second-order valence-corrected chi connectivity index (χ2v) is 5.78. The van der Waals surface area contributed by atoms with Crippen molar-refractivity contribution in [2.75, 3.05) is 6.61 Å². The van der Waals surface area contributed by atoms with Crippen molar-refractivity contribution in [3.63, 3.8) is 0 Å². The molecule has 0 saturated carbocycles. The van der Waals surface area contributed by atoms with Gasteiger partial charge in [-0.2, -0.15) is 4.52 Å². The molecule has 0 unspecified atom stereocenters. The van der Waals surface area contributed by atoms with Crippen LogP contribution in [0.1, 0.15) is 21.6 Å². The number of H-pyrrole nitrogens is 1. The van der Waals surface area contributed by atoms with Gasteiger partial charge in [0.15, 0.2) is 0 Å². The zero-order valence-corrected chi connectivity index (χ0v) is 14.1. The van der Waals surface area contributed by atoms with Crippen molar-refractivity contribution in [1.29, 1.82) is 0 Å². The highest BCUT2D eigenvalue weighted by Crippen LogP contribution is 2.21. The summed E-state index contributed by atoms with van der Waals surface area (Å²) in [6.07, 6.45) is 1.56. The Hall–Kier alpha value is -2.55. The smallest absolute Gasteiger partial charge is 0.339 e. The van der Waals surface area contributed by atoms with E-state index in [9.17, 15) is 14.0 Å². The molecule has 7 nitrogen and oxygen atoms in total. The highest BCUT2D eigenvalue weighted by molar-refractivity contribution is 9.10. The molecule has 0 atom stereocenters. The Morgan fingerprint density at radius 3 is 3.04 bits per heavy atom. The Morgan fingerprint density at radius 2 is 2.25 bits per heavy atom. The van der Waals surface area contributed by atoms with E-state index >= 15 is 0 Å². The first-order valence-corrected chi connectivity index (χ1v) is 7.81. The Balaban J connectivity index is 1.74. The van der Waals surface area contributed by atoms with Crippen LogP contribution < -0.4 is 5.56 Å². The Labute approximate surface area is 143 Å². The van der Waals surface area contributed by atoms with Crippen molar-refractivity contribution in [3.05, 3.63) is 62.0 Å². The number of nitrogens with zero attached hydrogens (tertiary/aromatic N) is 3. The number of fused-ring (bicyclic) bond motifs is 1. The van der Waals surface area contributed by atoms with Gasteiger partial charge in [0, 0.05) is 12.0 Å². The van der Waals surface area contributed by atoms with Gasteiger partial charge in [0.1, 0.15) is 12.1 Å². The molecule has 0 amide bonds. The van der Waals surface area contributed by atoms with E-state index in [0.29, 0.717) is 11.3 Å². The van der Waals surface area contributed by atoms with Gasteiger partial charge in [0.25, 0.3) is 11.3 Å². The van der Waals surface area contributed by atoms with E-state index in [1.807, 2.05) is 0 Å². The molecule has 9 heteroatoms. The maximum atomic E-state index is 13.4. The summed E-state index contributed by atoms with van der Waals surface area (Å²) in [5.74, 6) is -0.941. The summed E-state index contributed by atoms with van der Waals surface area (Å²) in [5.41, 5.74) is 0.738. The zero-order valence-electron chi connectivity index (χ0n) is 12.5. The predicted molar refractivity (Wildman–Crippen MR) is 86.4 cm³/mol. The van der Waals surface area contributed by atoms with Gasteiger partial charge in [-0.15, -0.1) is 0 Å². The molecule has 0 aliphatic carbocycles. The summed E-state index contributed by atoms with van der Waals surface area (Å²) in [4.78, 5) is 32.4. The third kappa shape index (κ3) is 2.94. The highest BCUT2D eigenvalue weighted by Gasteiger charge is 2.16. The normalized spacial score (nSPS) is 11.0. The molecule has 0 saturated heterocycles. The molecule has 124 valence electrons. The SMILES string of the molecule is Cc1nc2nc[nH]n2c(=O)c1CCOC(=O)c1cccc(F)c1Br. The third-order valence-corrected chi connectivity index (χ3v) is 4.30. The number of carbonyl (C=O) groups excluding carboxylic acids is 1. The van der Waals surface area contributed by atoms with Gasteiger partial charge < -0.3 is 4.74 Å². The number of aryl methyl sites for hydroxylation is 1. The highest BCUT2D eigenvalue weighted by atomic mass is 79.9. The van der Waals surface area contributed by atoms with Gasteiger partial charge >= 0.3 is 5.97 Å². The van der Waals surface area contributed by atoms with E-state index in [0.717, 1.165) is 0 Å². The van der Waals surface area contributed by atoms with Gasteiger partial charge in [0.2, 0.25) is 0 Å². The monoisotopic (exact) mass is 394 g/mol. The van der Waals surface area contributed by atoms with Crippen LogP contribution in [0.3, 0.4) is 0 Å². The van der Waals surface area contributed by atoms with Crippen LogP contribution in [0, 0.1) is 12.7 Å². The van der Waals surface area contributed by atoms with Gasteiger partial charge in [-0.3, -0.25) is 9.89 Å². The predicted octanol–water partition coefficient (Wildman–Crippen LogP) is 2.03. The van der Waals surface area contributed by atoms with Crippen LogP contribution in [0.2, 0.25) is 0 Å². The third-order valence-electron chi connectivity index (χ3n) is 3.49. The van der Waals surface area contributed by atoms with Crippen LogP contribution in [-0.4, -0.2) is 32.2 Å². The first-order chi connectivity index (χ1) is 11.5. The van der Waals surface area contributed by atoms with E-state index in [1.165, 1.54) is 29.0 Å². The summed E-state index contributed by atoms with van der Waals surface area (Å²) >= 11 is 3.01. The van der Waals surface area contributed by atoms with Gasteiger partial charge in [0.05, 0.1) is 22.3 Å². The molecule has 2 aromatic heterocycles. The number of rotatable bonds is 4. The van der Waals surface area contributed by atoms with Crippen molar-refractivity contribution in [2.24, 2.45) is 0 Å². The van der Waals surface area contributed by atoms with Gasteiger partial charge in [-0.1, -0.05) is 6.07 Å². The summed E-state index contributed by atoms with van der Waals surface area (Å²) in [7, 11) is 0. The van der Waals surface area contributed by atoms with Crippen LogP contribution in [-0.2, 0) is 11.2 Å². The molecule has 0 spiro atoms. The lowest BCUT2D eigenvalue weighted by molar-refractivity contribution is 0.0507. The fourth-order valence-corrected chi connectivity index (χ4v) is 2.69. The Bertz CT molecular complexity index is 982. The van der Waals surface area contributed by atoms with Gasteiger partial charge in [-0.25, -0.2) is 19.2 Å². The largest absolute Gasteiger partial charge is 0.462 e. The topological polar surface area (TPSA) is 89.3 Å². The Morgan fingerprint density at radius 1 is 1.46 bits per heavy atom. The first kappa shape index (κ1) is 16.3. The first-order valence-electron chi connectivity index (χ1n) is 7.02. The number of aromatic nitrogens is 4. The zero-order chi connectivity index (χ0) is 17.3. The molecule has 0 aliphatic heterocycles. The van der Waals surface area contributed by atoms with Crippen molar-refractivity contribution in [3.8, 4) is 0 Å². The number of hydrogen-bond acceptors (Lipinski definition) is 5.